The van der Waals surface area contributed by atoms with Crippen molar-refractivity contribution in [2.75, 3.05) is 13.1 Å². The fraction of sp³-hybridized carbons (Fsp3) is 0.938. The Hall–Kier alpha value is -0.593. The summed E-state index contributed by atoms with van der Waals surface area (Å²) in [5, 5.41) is 6.33. The molecule has 2 atom stereocenters. The molecule has 0 aliphatic carbocycles. The molecule has 0 radical (unpaired) electrons. The van der Waals surface area contributed by atoms with Crippen LogP contribution in [0.2, 0.25) is 18.1 Å². The van der Waals surface area contributed by atoms with Gasteiger partial charge in [0.05, 0.1) is 6.10 Å². The molecule has 0 aromatic heterocycles. The highest BCUT2D eigenvalue weighted by molar-refractivity contribution is 6.73. The van der Waals surface area contributed by atoms with Crippen molar-refractivity contribution in [3.63, 3.8) is 0 Å². The topological polar surface area (TPSA) is 59.6 Å². The number of alkyl carbamates (subject to hydrolysis) is 1. The third kappa shape index (κ3) is 6.26. The summed E-state index contributed by atoms with van der Waals surface area (Å²) in [6.07, 6.45) is 0.714. The molecule has 1 amide bonds. The second kappa shape index (κ2) is 8.31. The molecule has 5 nitrogen and oxygen atoms in total. The van der Waals surface area contributed by atoms with E-state index in [1.807, 2.05) is 20.8 Å². The summed E-state index contributed by atoms with van der Waals surface area (Å²) in [4.78, 5) is 11.9. The smallest absolute Gasteiger partial charge is 0.407 e. The lowest BCUT2D eigenvalue weighted by Gasteiger charge is -2.38. The fourth-order valence-corrected chi connectivity index (χ4v) is 5.82. The lowest BCUT2D eigenvalue weighted by atomic mass is 10.1. The Kier molecular flexibility index (Phi) is 7.35. The lowest BCUT2D eigenvalue weighted by molar-refractivity contribution is 0.0469. The number of ether oxygens (including phenoxy) is 1. The molecule has 0 aromatic rings. The molecule has 22 heavy (non-hydrogen) atoms. The highest BCUT2D eigenvalue weighted by atomic mass is 28.4. The summed E-state index contributed by atoms with van der Waals surface area (Å²) in [6, 6.07) is 3.54. The van der Waals surface area contributed by atoms with Crippen molar-refractivity contribution in [1.29, 1.82) is 0 Å². The summed E-state index contributed by atoms with van der Waals surface area (Å²) in [6.45, 7) is 14.0. The first-order valence-electron chi connectivity index (χ1n) is 8.61. The zero-order valence-electron chi connectivity index (χ0n) is 15.1. The van der Waals surface area contributed by atoms with Crippen molar-refractivity contribution < 1.29 is 14.0 Å². The number of rotatable bonds is 6. The molecule has 1 rings (SSSR count). The van der Waals surface area contributed by atoms with Gasteiger partial charge in [0, 0.05) is 19.1 Å². The number of amides is 1. The summed E-state index contributed by atoms with van der Waals surface area (Å²) in [5.74, 6) is 0. The van der Waals surface area contributed by atoms with Crippen LogP contribution in [0.25, 0.3) is 0 Å². The normalized spacial score (nSPS) is 23.2. The first kappa shape index (κ1) is 19.5. The van der Waals surface area contributed by atoms with Crippen molar-refractivity contribution in [3.8, 4) is 0 Å². The Morgan fingerprint density at radius 2 is 1.77 bits per heavy atom. The minimum absolute atomic E-state index is 0.0749. The monoisotopic (exact) mass is 330 g/mol. The van der Waals surface area contributed by atoms with Crippen LogP contribution in [0.4, 0.5) is 4.79 Å². The Balaban J connectivity index is 2.52. The molecule has 0 aromatic carbocycles. The zero-order valence-corrected chi connectivity index (χ0v) is 16.1. The van der Waals surface area contributed by atoms with Crippen LogP contribution in [0.1, 0.15) is 48.0 Å². The SMILES string of the molecule is CC[Si](CC)(CC)O[C@H]1CNC[C@@H](NC(=O)OC(C)(C)C)C1. The Labute approximate surface area is 136 Å². The van der Waals surface area contributed by atoms with Crippen LogP contribution in [0.5, 0.6) is 0 Å². The van der Waals surface area contributed by atoms with Crippen LogP contribution >= 0.6 is 0 Å². The minimum Gasteiger partial charge on any atom is -0.444 e. The average Bonchev–Trinajstić information content (AvgIpc) is 2.43. The van der Waals surface area contributed by atoms with Crippen LogP contribution in [-0.2, 0) is 9.16 Å². The van der Waals surface area contributed by atoms with Gasteiger partial charge in [-0.05, 0) is 45.3 Å². The van der Waals surface area contributed by atoms with Crippen molar-refractivity contribution in [2.24, 2.45) is 0 Å². The van der Waals surface area contributed by atoms with Gasteiger partial charge in [-0.1, -0.05) is 20.8 Å². The second-order valence-corrected chi connectivity index (χ2v) is 11.9. The van der Waals surface area contributed by atoms with Gasteiger partial charge in [0.1, 0.15) is 5.60 Å². The quantitative estimate of drug-likeness (QED) is 0.734. The van der Waals surface area contributed by atoms with Gasteiger partial charge in [-0.15, -0.1) is 0 Å². The molecule has 1 heterocycles. The van der Waals surface area contributed by atoms with Gasteiger partial charge in [0.25, 0.3) is 0 Å². The van der Waals surface area contributed by atoms with E-state index in [0.29, 0.717) is 0 Å². The summed E-state index contributed by atoms with van der Waals surface area (Å²) in [7, 11) is -1.60. The number of carbonyl (C=O) groups is 1. The van der Waals surface area contributed by atoms with Gasteiger partial charge in [0.15, 0.2) is 8.32 Å². The van der Waals surface area contributed by atoms with Gasteiger partial charge in [-0.2, -0.15) is 0 Å². The zero-order chi connectivity index (χ0) is 16.8. The number of hydrogen-bond acceptors (Lipinski definition) is 4. The second-order valence-electron chi connectivity index (χ2n) is 7.22. The third-order valence-electron chi connectivity index (χ3n) is 4.38. The molecule has 0 saturated carbocycles. The van der Waals surface area contributed by atoms with E-state index >= 15 is 0 Å². The molecule has 1 fully saturated rings. The number of carbonyl (C=O) groups excluding carboxylic acids is 1. The Morgan fingerprint density at radius 3 is 2.27 bits per heavy atom. The van der Waals surface area contributed by atoms with Gasteiger partial charge >= 0.3 is 6.09 Å². The van der Waals surface area contributed by atoms with Crippen LogP contribution < -0.4 is 10.6 Å². The van der Waals surface area contributed by atoms with Gasteiger partial charge < -0.3 is 19.8 Å². The largest absolute Gasteiger partial charge is 0.444 e. The molecule has 1 aliphatic heterocycles. The number of piperidine rings is 1. The van der Waals surface area contributed by atoms with E-state index in [9.17, 15) is 4.79 Å². The van der Waals surface area contributed by atoms with Crippen molar-refractivity contribution >= 4 is 14.4 Å². The van der Waals surface area contributed by atoms with Crippen molar-refractivity contribution in [2.45, 2.75) is 83.8 Å². The molecule has 2 N–H and O–H groups in total. The summed E-state index contributed by atoms with van der Waals surface area (Å²) >= 11 is 0. The van der Waals surface area contributed by atoms with E-state index in [2.05, 4.69) is 31.4 Å². The third-order valence-corrected chi connectivity index (χ3v) is 9.08. The molecule has 0 bridgehead atoms. The van der Waals surface area contributed by atoms with Crippen LogP contribution in [0.3, 0.4) is 0 Å². The maximum atomic E-state index is 11.9. The molecule has 0 unspecified atom stereocenters. The predicted molar refractivity (Wildman–Crippen MR) is 92.7 cm³/mol. The van der Waals surface area contributed by atoms with E-state index in [-0.39, 0.29) is 18.2 Å². The highest BCUT2D eigenvalue weighted by Gasteiger charge is 2.34. The maximum absolute atomic E-state index is 11.9. The van der Waals surface area contributed by atoms with Crippen molar-refractivity contribution in [3.05, 3.63) is 0 Å². The molecule has 6 heteroatoms. The van der Waals surface area contributed by atoms with Crippen LogP contribution in [0, 0.1) is 0 Å². The van der Waals surface area contributed by atoms with Crippen LogP contribution in [-0.4, -0.2) is 45.2 Å². The van der Waals surface area contributed by atoms with Gasteiger partial charge in [-0.25, -0.2) is 4.79 Å². The van der Waals surface area contributed by atoms with Crippen LogP contribution in [0.15, 0.2) is 0 Å². The average molecular weight is 331 g/mol. The summed E-state index contributed by atoms with van der Waals surface area (Å²) < 4.78 is 11.9. The fourth-order valence-electron chi connectivity index (χ4n) is 2.93. The van der Waals surface area contributed by atoms with E-state index in [1.165, 1.54) is 0 Å². The Morgan fingerprint density at radius 1 is 1.18 bits per heavy atom. The maximum Gasteiger partial charge on any atom is 0.407 e. The molecule has 130 valence electrons. The molecule has 1 saturated heterocycles. The van der Waals surface area contributed by atoms with Crippen molar-refractivity contribution in [1.82, 2.24) is 10.6 Å². The summed E-state index contributed by atoms with van der Waals surface area (Å²) in [5.41, 5.74) is -0.462. The number of hydrogen-bond donors (Lipinski definition) is 2. The van der Waals surface area contributed by atoms with E-state index in [0.717, 1.165) is 37.6 Å². The standard InChI is InChI=1S/C16H34N2O3Si/c1-7-22(8-2,9-3)21-14-10-13(11-17-12-14)18-15(19)20-16(4,5)6/h13-14,17H,7-12H2,1-6H3,(H,18,19)/t13-,14+/m0/s1. The molecular weight excluding hydrogens is 296 g/mol. The number of nitrogens with one attached hydrogen (secondary N) is 2. The van der Waals surface area contributed by atoms with E-state index in [1.54, 1.807) is 0 Å². The van der Waals surface area contributed by atoms with Gasteiger partial charge in [0.2, 0.25) is 0 Å². The first-order valence-corrected chi connectivity index (χ1v) is 11.1. The lowest BCUT2D eigenvalue weighted by Crippen LogP contribution is -2.54. The minimum atomic E-state index is -1.60. The van der Waals surface area contributed by atoms with Gasteiger partial charge in [-0.3, -0.25) is 0 Å². The highest BCUT2D eigenvalue weighted by Crippen LogP contribution is 2.25. The molecular formula is C16H34N2O3Si. The van der Waals surface area contributed by atoms with E-state index < -0.39 is 13.9 Å². The first-order chi connectivity index (χ1) is 10.2. The van der Waals surface area contributed by atoms with E-state index in [4.69, 9.17) is 9.16 Å². The Bertz CT molecular complexity index is 346. The molecule has 1 aliphatic rings. The molecule has 0 spiro atoms. The predicted octanol–water partition coefficient (Wildman–Crippen LogP) is 3.26.